The van der Waals surface area contributed by atoms with E-state index in [0.717, 1.165) is 29.7 Å². The topological polar surface area (TPSA) is 94.1 Å². The smallest absolute Gasteiger partial charge is 0.240 e. The van der Waals surface area contributed by atoms with Crippen LogP contribution >= 0.6 is 12.2 Å². The Kier molecular flexibility index (Phi) is 6.61. The standard InChI is InChI=1S/C22H25N5O3S/c1-29-17-8-6-16(7-9-17)21-25-26-22(31)27(21)14-19(28)24-13-15-10-11-23-20(12-15)30-18-4-2-3-5-18/h6-12,18H,2-5,13-14H2,1H3,(H,24,28)(H,26,31). The van der Waals surface area contributed by atoms with Gasteiger partial charge in [-0.25, -0.2) is 4.98 Å². The zero-order valence-corrected chi connectivity index (χ0v) is 18.2. The van der Waals surface area contributed by atoms with Crippen LogP contribution in [0.5, 0.6) is 11.6 Å². The molecule has 9 heteroatoms. The number of nitrogens with zero attached hydrogens (tertiary/aromatic N) is 3. The van der Waals surface area contributed by atoms with Crippen LogP contribution in [0.25, 0.3) is 11.4 Å². The van der Waals surface area contributed by atoms with E-state index >= 15 is 0 Å². The summed E-state index contributed by atoms with van der Waals surface area (Å²) >= 11 is 5.32. The van der Waals surface area contributed by atoms with E-state index in [0.29, 0.717) is 23.0 Å². The lowest BCUT2D eigenvalue weighted by Crippen LogP contribution is -2.27. The van der Waals surface area contributed by atoms with Crippen LogP contribution < -0.4 is 14.8 Å². The van der Waals surface area contributed by atoms with E-state index in [1.165, 1.54) is 12.8 Å². The highest BCUT2D eigenvalue weighted by molar-refractivity contribution is 7.71. The highest BCUT2D eigenvalue weighted by atomic mass is 32.1. The number of H-pyrrole nitrogens is 1. The lowest BCUT2D eigenvalue weighted by atomic mass is 10.2. The van der Waals surface area contributed by atoms with Crippen molar-refractivity contribution in [3.63, 3.8) is 0 Å². The van der Waals surface area contributed by atoms with E-state index in [9.17, 15) is 4.79 Å². The lowest BCUT2D eigenvalue weighted by Gasteiger charge is -2.13. The second-order valence-electron chi connectivity index (χ2n) is 7.47. The predicted octanol–water partition coefficient (Wildman–Crippen LogP) is 3.65. The average molecular weight is 440 g/mol. The zero-order chi connectivity index (χ0) is 21.6. The van der Waals surface area contributed by atoms with Crippen molar-refractivity contribution in [1.82, 2.24) is 25.1 Å². The third kappa shape index (κ3) is 5.29. The maximum Gasteiger partial charge on any atom is 0.240 e. The molecule has 2 aromatic heterocycles. The van der Waals surface area contributed by atoms with Gasteiger partial charge in [-0.2, -0.15) is 5.10 Å². The molecule has 162 valence electrons. The first kappa shape index (κ1) is 21.0. The van der Waals surface area contributed by atoms with Crippen molar-refractivity contribution in [2.75, 3.05) is 7.11 Å². The minimum atomic E-state index is -0.165. The molecule has 1 aliphatic carbocycles. The molecule has 1 fully saturated rings. The molecule has 1 aliphatic rings. The number of carbonyl (C=O) groups excluding carboxylic acids is 1. The van der Waals surface area contributed by atoms with Crippen molar-refractivity contribution in [3.8, 4) is 23.0 Å². The predicted molar refractivity (Wildman–Crippen MR) is 118 cm³/mol. The number of nitrogens with one attached hydrogen (secondary N) is 2. The molecule has 3 aromatic rings. The lowest BCUT2D eigenvalue weighted by molar-refractivity contribution is -0.121. The first-order valence-electron chi connectivity index (χ1n) is 10.3. The molecule has 31 heavy (non-hydrogen) atoms. The van der Waals surface area contributed by atoms with Gasteiger partial charge >= 0.3 is 0 Å². The number of aromatic nitrogens is 4. The number of methoxy groups -OCH3 is 1. The molecule has 0 unspecified atom stereocenters. The van der Waals surface area contributed by atoms with Crippen molar-refractivity contribution in [1.29, 1.82) is 0 Å². The quantitative estimate of drug-likeness (QED) is 0.521. The molecule has 1 saturated carbocycles. The summed E-state index contributed by atoms with van der Waals surface area (Å²) in [6.45, 7) is 0.443. The van der Waals surface area contributed by atoms with Gasteiger partial charge < -0.3 is 14.8 Å². The Morgan fingerprint density at radius 1 is 1.26 bits per heavy atom. The van der Waals surface area contributed by atoms with Crippen molar-refractivity contribution >= 4 is 18.1 Å². The molecule has 0 saturated heterocycles. The zero-order valence-electron chi connectivity index (χ0n) is 17.3. The van der Waals surface area contributed by atoms with Crippen molar-refractivity contribution in [3.05, 3.63) is 52.9 Å². The Morgan fingerprint density at radius 2 is 2.03 bits per heavy atom. The summed E-state index contributed by atoms with van der Waals surface area (Å²) in [6, 6.07) is 11.2. The maximum absolute atomic E-state index is 12.6. The second-order valence-corrected chi connectivity index (χ2v) is 7.86. The van der Waals surface area contributed by atoms with Gasteiger partial charge in [-0.3, -0.25) is 14.5 Å². The highest BCUT2D eigenvalue weighted by Crippen LogP contribution is 2.23. The molecule has 0 aliphatic heterocycles. The fourth-order valence-corrected chi connectivity index (χ4v) is 3.82. The van der Waals surface area contributed by atoms with Crippen LogP contribution in [0, 0.1) is 4.77 Å². The van der Waals surface area contributed by atoms with Crippen LogP contribution in [0.3, 0.4) is 0 Å². The molecule has 2 N–H and O–H groups in total. The number of hydrogen-bond donors (Lipinski definition) is 2. The fraction of sp³-hybridized carbons (Fsp3) is 0.364. The van der Waals surface area contributed by atoms with E-state index in [1.54, 1.807) is 17.9 Å². The summed E-state index contributed by atoms with van der Waals surface area (Å²) < 4.78 is 13.2. The van der Waals surface area contributed by atoms with Gasteiger partial charge in [0.2, 0.25) is 11.8 Å². The first-order valence-corrected chi connectivity index (χ1v) is 10.7. The molecular weight excluding hydrogens is 414 g/mol. The molecule has 0 atom stereocenters. The van der Waals surface area contributed by atoms with Gasteiger partial charge in [-0.1, -0.05) is 0 Å². The number of amides is 1. The Labute approximate surface area is 185 Å². The summed E-state index contributed by atoms with van der Waals surface area (Å²) in [5.74, 6) is 1.79. The average Bonchev–Trinajstić information content (AvgIpc) is 3.43. The highest BCUT2D eigenvalue weighted by Gasteiger charge is 2.17. The molecular formula is C22H25N5O3S. The van der Waals surface area contributed by atoms with Gasteiger partial charge in [0.25, 0.3) is 0 Å². The molecule has 8 nitrogen and oxygen atoms in total. The Morgan fingerprint density at radius 3 is 2.77 bits per heavy atom. The summed E-state index contributed by atoms with van der Waals surface area (Å²) in [7, 11) is 1.61. The van der Waals surface area contributed by atoms with Crippen LogP contribution in [0.15, 0.2) is 42.6 Å². The third-order valence-electron chi connectivity index (χ3n) is 5.29. The summed E-state index contributed by atoms with van der Waals surface area (Å²) in [4.78, 5) is 16.9. The van der Waals surface area contributed by atoms with Crippen molar-refractivity contribution in [2.24, 2.45) is 0 Å². The number of benzene rings is 1. The van der Waals surface area contributed by atoms with Crippen LogP contribution in [-0.4, -0.2) is 38.9 Å². The largest absolute Gasteiger partial charge is 0.497 e. The minimum Gasteiger partial charge on any atom is -0.497 e. The van der Waals surface area contributed by atoms with Gasteiger partial charge in [-0.05, 0) is 73.8 Å². The van der Waals surface area contributed by atoms with E-state index in [-0.39, 0.29) is 18.6 Å². The number of aromatic amines is 1. The second kappa shape index (κ2) is 9.74. The molecule has 1 aromatic carbocycles. The number of carbonyl (C=O) groups is 1. The van der Waals surface area contributed by atoms with E-state index in [2.05, 4.69) is 20.5 Å². The van der Waals surface area contributed by atoms with Crippen molar-refractivity contribution < 1.29 is 14.3 Å². The van der Waals surface area contributed by atoms with Gasteiger partial charge in [0.15, 0.2) is 10.6 Å². The van der Waals surface area contributed by atoms with Crippen LogP contribution in [0.2, 0.25) is 0 Å². The summed E-state index contributed by atoms with van der Waals surface area (Å²) in [5.41, 5.74) is 1.77. The number of ether oxygens (including phenoxy) is 2. The normalized spacial score (nSPS) is 13.8. The van der Waals surface area contributed by atoms with Gasteiger partial charge in [0.1, 0.15) is 18.4 Å². The van der Waals surface area contributed by atoms with Gasteiger partial charge in [0.05, 0.1) is 7.11 Å². The Balaban J connectivity index is 1.38. The Hall–Kier alpha value is -3.20. The summed E-state index contributed by atoms with van der Waals surface area (Å²) in [6.07, 6.45) is 6.51. The number of hydrogen-bond acceptors (Lipinski definition) is 6. The van der Waals surface area contributed by atoms with Crippen LogP contribution in [0.1, 0.15) is 31.2 Å². The monoisotopic (exact) mass is 439 g/mol. The SMILES string of the molecule is COc1ccc(-c2n[nH]c(=S)n2CC(=O)NCc2ccnc(OC3CCCC3)c2)cc1. The van der Waals surface area contributed by atoms with E-state index < -0.39 is 0 Å². The fourth-order valence-electron chi connectivity index (χ4n) is 3.63. The maximum atomic E-state index is 12.6. The van der Waals surface area contributed by atoms with Crippen LogP contribution in [-0.2, 0) is 17.9 Å². The van der Waals surface area contributed by atoms with Gasteiger partial charge in [-0.15, -0.1) is 0 Å². The van der Waals surface area contributed by atoms with Crippen molar-refractivity contribution in [2.45, 2.75) is 44.9 Å². The molecule has 2 heterocycles. The van der Waals surface area contributed by atoms with E-state index in [4.69, 9.17) is 21.7 Å². The molecule has 1 amide bonds. The third-order valence-corrected chi connectivity index (χ3v) is 5.60. The summed E-state index contributed by atoms with van der Waals surface area (Å²) in [5, 5.41) is 9.97. The van der Waals surface area contributed by atoms with E-state index in [1.807, 2.05) is 36.4 Å². The number of pyridine rings is 1. The first-order chi connectivity index (χ1) is 15.1. The Bertz CT molecular complexity index is 1090. The molecule has 0 bridgehead atoms. The molecule has 4 rings (SSSR count). The number of rotatable bonds is 8. The minimum absolute atomic E-state index is 0.0627. The van der Waals surface area contributed by atoms with Gasteiger partial charge in [0, 0.05) is 24.4 Å². The molecule has 0 spiro atoms. The van der Waals surface area contributed by atoms with Crippen LogP contribution in [0.4, 0.5) is 0 Å². The molecule has 0 radical (unpaired) electrons.